The first-order valence-corrected chi connectivity index (χ1v) is 8.61. The molecule has 3 amide bonds. The van der Waals surface area contributed by atoms with Gasteiger partial charge >= 0.3 is 6.03 Å². The Bertz CT molecular complexity index is 647. The number of urea groups is 1. The minimum Gasteiger partial charge on any atom is -0.378 e. The van der Waals surface area contributed by atoms with Crippen molar-refractivity contribution in [2.75, 3.05) is 23.8 Å². The molecule has 25 heavy (non-hydrogen) atoms. The molecule has 7 heteroatoms. The van der Waals surface area contributed by atoms with Crippen LogP contribution < -0.4 is 21.7 Å². The van der Waals surface area contributed by atoms with Crippen LogP contribution in [-0.4, -0.2) is 36.7 Å². The van der Waals surface area contributed by atoms with Crippen molar-refractivity contribution in [3.8, 4) is 0 Å². The van der Waals surface area contributed by atoms with Crippen LogP contribution in [0.5, 0.6) is 0 Å². The lowest BCUT2D eigenvalue weighted by atomic mass is 9.54. The summed E-state index contributed by atoms with van der Waals surface area (Å²) in [6.07, 6.45) is 0.454. The third-order valence-corrected chi connectivity index (χ3v) is 4.95. The molecule has 0 bridgehead atoms. The molecule has 0 radical (unpaired) electrons. The van der Waals surface area contributed by atoms with E-state index in [4.69, 9.17) is 10.5 Å². The normalized spacial score (nSPS) is 24.1. The third-order valence-electron chi connectivity index (χ3n) is 4.95. The first-order valence-electron chi connectivity index (χ1n) is 8.61. The SMILES string of the molecule is CCNC(=O)Nc1cccc(NC(=O)C2(N)CC(OCC)C2(C)C)c1. The van der Waals surface area contributed by atoms with Gasteiger partial charge in [-0.2, -0.15) is 0 Å². The molecule has 138 valence electrons. The molecule has 1 aromatic carbocycles. The highest BCUT2D eigenvalue weighted by Crippen LogP contribution is 2.50. The Hall–Kier alpha value is -2.12. The Labute approximate surface area is 148 Å². The summed E-state index contributed by atoms with van der Waals surface area (Å²) in [4.78, 5) is 24.3. The van der Waals surface area contributed by atoms with Gasteiger partial charge in [-0.05, 0) is 32.0 Å². The molecule has 5 N–H and O–H groups in total. The van der Waals surface area contributed by atoms with Crippen LogP contribution in [0.3, 0.4) is 0 Å². The van der Waals surface area contributed by atoms with E-state index in [-0.39, 0.29) is 18.0 Å². The topological polar surface area (TPSA) is 105 Å². The lowest BCUT2D eigenvalue weighted by Crippen LogP contribution is -2.74. The van der Waals surface area contributed by atoms with Gasteiger partial charge in [0.25, 0.3) is 0 Å². The Morgan fingerprint density at radius 2 is 1.88 bits per heavy atom. The number of carbonyl (C=O) groups is 2. The van der Waals surface area contributed by atoms with Crippen LogP contribution in [0, 0.1) is 5.41 Å². The molecule has 1 fully saturated rings. The lowest BCUT2D eigenvalue weighted by molar-refractivity contribution is -0.166. The molecule has 0 aromatic heterocycles. The zero-order valence-corrected chi connectivity index (χ0v) is 15.3. The van der Waals surface area contributed by atoms with Crippen LogP contribution in [0.2, 0.25) is 0 Å². The fraction of sp³-hybridized carbons (Fsp3) is 0.556. The monoisotopic (exact) mass is 348 g/mol. The highest BCUT2D eigenvalue weighted by Gasteiger charge is 2.62. The van der Waals surface area contributed by atoms with Crippen molar-refractivity contribution >= 4 is 23.3 Å². The maximum atomic E-state index is 12.7. The van der Waals surface area contributed by atoms with Gasteiger partial charge < -0.3 is 26.4 Å². The second kappa shape index (κ2) is 7.41. The Morgan fingerprint density at radius 3 is 2.44 bits per heavy atom. The predicted molar refractivity (Wildman–Crippen MR) is 98.5 cm³/mol. The van der Waals surface area contributed by atoms with Crippen molar-refractivity contribution in [1.82, 2.24) is 5.32 Å². The van der Waals surface area contributed by atoms with E-state index in [0.717, 1.165) is 0 Å². The minimum atomic E-state index is -0.990. The fourth-order valence-electron chi connectivity index (χ4n) is 3.07. The van der Waals surface area contributed by atoms with E-state index in [9.17, 15) is 9.59 Å². The molecule has 1 aliphatic rings. The highest BCUT2D eigenvalue weighted by molar-refractivity contribution is 6.00. The number of anilines is 2. The predicted octanol–water partition coefficient (Wildman–Crippen LogP) is 2.30. The first-order chi connectivity index (χ1) is 11.7. The molecule has 1 aliphatic carbocycles. The van der Waals surface area contributed by atoms with Gasteiger partial charge in [0.15, 0.2) is 0 Å². The van der Waals surface area contributed by atoms with Crippen LogP contribution >= 0.6 is 0 Å². The average molecular weight is 348 g/mol. The van der Waals surface area contributed by atoms with E-state index in [1.54, 1.807) is 24.3 Å². The molecule has 1 saturated carbocycles. The summed E-state index contributed by atoms with van der Waals surface area (Å²) in [5.74, 6) is -0.247. The quantitative estimate of drug-likeness (QED) is 0.633. The van der Waals surface area contributed by atoms with E-state index in [0.29, 0.717) is 30.9 Å². The molecular formula is C18H28N4O3. The van der Waals surface area contributed by atoms with Gasteiger partial charge in [0, 0.05) is 36.4 Å². The van der Waals surface area contributed by atoms with Crippen molar-refractivity contribution in [1.29, 1.82) is 0 Å². The average Bonchev–Trinajstić information content (AvgIpc) is 2.54. The number of amides is 3. The van der Waals surface area contributed by atoms with Crippen LogP contribution in [0.15, 0.2) is 24.3 Å². The minimum absolute atomic E-state index is 0.0287. The molecule has 0 spiro atoms. The van der Waals surface area contributed by atoms with Gasteiger partial charge in [0.1, 0.15) is 5.54 Å². The summed E-state index contributed by atoms with van der Waals surface area (Å²) < 4.78 is 5.66. The van der Waals surface area contributed by atoms with Gasteiger partial charge in [-0.15, -0.1) is 0 Å². The Kier molecular flexibility index (Phi) is 5.69. The number of ether oxygens (including phenoxy) is 1. The van der Waals surface area contributed by atoms with Crippen molar-refractivity contribution < 1.29 is 14.3 Å². The van der Waals surface area contributed by atoms with Gasteiger partial charge in [-0.25, -0.2) is 4.79 Å². The molecule has 2 atom stereocenters. The number of nitrogens with two attached hydrogens (primary N) is 1. The number of rotatable bonds is 6. The molecule has 7 nitrogen and oxygen atoms in total. The van der Waals surface area contributed by atoms with Crippen LogP contribution in [0.25, 0.3) is 0 Å². The van der Waals surface area contributed by atoms with E-state index in [1.807, 2.05) is 27.7 Å². The molecule has 0 saturated heterocycles. The molecule has 0 heterocycles. The number of hydrogen-bond donors (Lipinski definition) is 4. The van der Waals surface area contributed by atoms with E-state index < -0.39 is 11.0 Å². The number of carbonyl (C=O) groups excluding carboxylic acids is 2. The number of hydrogen-bond acceptors (Lipinski definition) is 4. The second-order valence-corrected chi connectivity index (χ2v) is 6.86. The molecular weight excluding hydrogens is 320 g/mol. The largest absolute Gasteiger partial charge is 0.378 e. The molecule has 0 aliphatic heterocycles. The van der Waals surface area contributed by atoms with E-state index in [2.05, 4.69) is 16.0 Å². The second-order valence-electron chi connectivity index (χ2n) is 6.86. The summed E-state index contributed by atoms with van der Waals surface area (Å²) in [6, 6.07) is 6.68. The smallest absolute Gasteiger partial charge is 0.319 e. The number of nitrogens with one attached hydrogen (secondary N) is 3. The first kappa shape index (κ1) is 19.2. The van der Waals surface area contributed by atoms with Crippen LogP contribution in [-0.2, 0) is 9.53 Å². The highest BCUT2D eigenvalue weighted by atomic mass is 16.5. The van der Waals surface area contributed by atoms with Crippen LogP contribution in [0.1, 0.15) is 34.1 Å². The lowest BCUT2D eigenvalue weighted by Gasteiger charge is -2.57. The van der Waals surface area contributed by atoms with Crippen molar-refractivity contribution in [2.45, 2.75) is 45.8 Å². The van der Waals surface area contributed by atoms with Crippen molar-refractivity contribution in [3.63, 3.8) is 0 Å². The van der Waals surface area contributed by atoms with E-state index in [1.165, 1.54) is 0 Å². The third kappa shape index (κ3) is 3.77. The van der Waals surface area contributed by atoms with Gasteiger partial charge in [-0.3, -0.25) is 4.79 Å². The van der Waals surface area contributed by atoms with Crippen molar-refractivity contribution in [3.05, 3.63) is 24.3 Å². The molecule has 1 aromatic rings. The van der Waals surface area contributed by atoms with Gasteiger partial charge in [-0.1, -0.05) is 19.9 Å². The summed E-state index contributed by atoms with van der Waals surface area (Å²) in [5, 5.41) is 8.22. The summed E-state index contributed by atoms with van der Waals surface area (Å²) in [7, 11) is 0. The maximum absolute atomic E-state index is 12.7. The maximum Gasteiger partial charge on any atom is 0.319 e. The Morgan fingerprint density at radius 1 is 1.24 bits per heavy atom. The summed E-state index contributed by atoms with van der Waals surface area (Å²) in [5.41, 5.74) is 6.11. The number of benzene rings is 1. The molecule has 2 rings (SSSR count). The molecule has 2 unspecified atom stereocenters. The fourth-order valence-corrected chi connectivity index (χ4v) is 3.07. The van der Waals surface area contributed by atoms with Gasteiger partial charge in [0.2, 0.25) is 5.91 Å². The Balaban J connectivity index is 2.05. The summed E-state index contributed by atoms with van der Waals surface area (Å²) in [6.45, 7) is 8.80. The van der Waals surface area contributed by atoms with Gasteiger partial charge in [0.05, 0.1) is 6.10 Å². The zero-order valence-electron chi connectivity index (χ0n) is 15.3. The van der Waals surface area contributed by atoms with Crippen LogP contribution in [0.4, 0.5) is 16.2 Å². The van der Waals surface area contributed by atoms with E-state index >= 15 is 0 Å². The standard InChI is InChI=1S/C18H28N4O3/c1-5-20-16(24)22-13-9-7-8-12(10-13)21-15(23)18(19)11-14(25-6-2)17(18,3)4/h7-10,14H,5-6,11,19H2,1-4H3,(H,21,23)(H2,20,22,24). The summed E-state index contributed by atoms with van der Waals surface area (Å²) >= 11 is 0. The zero-order chi connectivity index (χ0) is 18.7. The van der Waals surface area contributed by atoms with Crippen molar-refractivity contribution in [2.24, 2.45) is 11.1 Å².